The van der Waals surface area contributed by atoms with Crippen LogP contribution in [0.15, 0.2) is 59.5 Å². The highest BCUT2D eigenvalue weighted by Gasteiger charge is 2.24. The van der Waals surface area contributed by atoms with Crippen molar-refractivity contribution in [2.45, 2.75) is 23.8 Å². The number of amides is 1. The number of piperidine rings is 1. The Kier molecular flexibility index (Phi) is 5.29. The number of nitrogens with two attached hydrogens (primary N) is 1. The molecule has 3 rings (SSSR count). The Balaban J connectivity index is 1.77. The maximum Gasteiger partial charge on any atom is 0.264 e. The molecule has 1 aliphatic heterocycles. The maximum atomic E-state index is 12.8. The van der Waals surface area contributed by atoms with Crippen molar-refractivity contribution in [1.29, 1.82) is 0 Å². The average molecular weight is 373 g/mol. The first-order valence-electron chi connectivity index (χ1n) is 8.58. The molecule has 26 heavy (non-hydrogen) atoms. The van der Waals surface area contributed by atoms with Gasteiger partial charge >= 0.3 is 0 Å². The molecule has 1 aliphatic rings. The van der Waals surface area contributed by atoms with Crippen LogP contribution in [0.3, 0.4) is 0 Å². The molecule has 6 nitrogen and oxygen atoms in total. The van der Waals surface area contributed by atoms with E-state index in [9.17, 15) is 13.2 Å². The topological polar surface area (TPSA) is 83.7 Å². The third-order valence-electron chi connectivity index (χ3n) is 4.71. The number of carbonyl (C=O) groups excluding carboxylic acids is 1. The predicted octanol–water partition coefficient (Wildman–Crippen LogP) is 2.08. The van der Waals surface area contributed by atoms with Gasteiger partial charge in [-0.3, -0.25) is 9.10 Å². The minimum atomic E-state index is -3.67. The van der Waals surface area contributed by atoms with E-state index in [4.69, 9.17) is 5.73 Å². The van der Waals surface area contributed by atoms with Gasteiger partial charge in [0.2, 0.25) is 0 Å². The molecule has 0 unspecified atom stereocenters. The lowest BCUT2D eigenvalue weighted by atomic mass is 10.1. The molecule has 0 aromatic heterocycles. The largest absolute Gasteiger partial charge is 0.339 e. The van der Waals surface area contributed by atoms with Gasteiger partial charge in [0, 0.05) is 31.7 Å². The number of likely N-dealkylation sites (tertiary alicyclic amines) is 1. The van der Waals surface area contributed by atoms with E-state index in [0.29, 0.717) is 24.3 Å². The SMILES string of the molecule is CN(c1ccccc1)S(=O)(=O)c1ccc(C(=O)N2CCC(N)CC2)cc1. The molecule has 2 aromatic carbocycles. The van der Waals surface area contributed by atoms with Gasteiger partial charge < -0.3 is 10.6 Å². The van der Waals surface area contributed by atoms with E-state index >= 15 is 0 Å². The van der Waals surface area contributed by atoms with Crippen molar-refractivity contribution >= 4 is 21.6 Å². The first-order chi connectivity index (χ1) is 12.4. The van der Waals surface area contributed by atoms with Crippen LogP contribution in [0.2, 0.25) is 0 Å². The highest BCUT2D eigenvalue weighted by Crippen LogP contribution is 2.22. The van der Waals surface area contributed by atoms with Crippen LogP contribution in [-0.4, -0.2) is 45.4 Å². The van der Waals surface area contributed by atoms with Crippen molar-refractivity contribution in [3.05, 3.63) is 60.2 Å². The zero-order valence-electron chi connectivity index (χ0n) is 14.7. The maximum absolute atomic E-state index is 12.8. The quantitative estimate of drug-likeness (QED) is 0.889. The van der Waals surface area contributed by atoms with Crippen LogP contribution in [0.1, 0.15) is 23.2 Å². The molecule has 0 saturated carbocycles. The normalized spacial score (nSPS) is 15.7. The summed E-state index contributed by atoms with van der Waals surface area (Å²) in [6.45, 7) is 1.27. The van der Waals surface area contributed by atoms with E-state index in [1.807, 2.05) is 6.07 Å². The molecule has 0 bridgehead atoms. The van der Waals surface area contributed by atoms with Gasteiger partial charge in [0.05, 0.1) is 10.6 Å². The third kappa shape index (κ3) is 3.73. The van der Waals surface area contributed by atoms with E-state index in [2.05, 4.69) is 0 Å². The summed E-state index contributed by atoms with van der Waals surface area (Å²) in [5, 5.41) is 0. The Morgan fingerprint density at radius 1 is 1.04 bits per heavy atom. The van der Waals surface area contributed by atoms with Crippen molar-refractivity contribution < 1.29 is 13.2 Å². The Morgan fingerprint density at radius 3 is 2.19 bits per heavy atom. The number of rotatable bonds is 4. The Labute approximate surface area is 154 Å². The minimum absolute atomic E-state index is 0.0859. The molecule has 0 aliphatic carbocycles. The highest BCUT2D eigenvalue weighted by atomic mass is 32.2. The summed E-state index contributed by atoms with van der Waals surface area (Å²) < 4.78 is 26.8. The van der Waals surface area contributed by atoms with Gasteiger partial charge in [0.25, 0.3) is 15.9 Å². The van der Waals surface area contributed by atoms with Crippen molar-refractivity contribution in [2.75, 3.05) is 24.4 Å². The number of anilines is 1. The van der Waals surface area contributed by atoms with Crippen molar-refractivity contribution in [3.63, 3.8) is 0 Å². The van der Waals surface area contributed by atoms with Gasteiger partial charge in [-0.15, -0.1) is 0 Å². The first-order valence-corrected chi connectivity index (χ1v) is 10.0. The highest BCUT2D eigenvalue weighted by molar-refractivity contribution is 7.92. The van der Waals surface area contributed by atoms with Crippen LogP contribution in [0.5, 0.6) is 0 Å². The predicted molar refractivity (Wildman–Crippen MR) is 102 cm³/mol. The zero-order chi connectivity index (χ0) is 18.7. The Morgan fingerprint density at radius 2 is 1.62 bits per heavy atom. The molecule has 1 saturated heterocycles. The number of sulfonamides is 1. The molecule has 1 heterocycles. The molecule has 2 N–H and O–H groups in total. The molecule has 0 spiro atoms. The number of hydrogen-bond donors (Lipinski definition) is 1. The molecular weight excluding hydrogens is 350 g/mol. The molecule has 0 radical (unpaired) electrons. The van der Waals surface area contributed by atoms with E-state index in [1.54, 1.807) is 41.3 Å². The van der Waals surface area contributed by atoms with Crippen LogP contribution in [0.25, 0.3) is 0 Å². The number of carbonyl (C=O) groups is 1. The van der Waals surface area contributed by atoms with Crippen molar-refractivity contribution in [1.82, 2.24) is 4.90 Å². The van der Waals surface area contributed by atoms with E-state index in [-0.39, 0.29) is 16.8 Å². The van der Waals surface area contributed by atoms with E-state index in [1.165, 1.54) is 23.5 Å². The van der Waals surface area contributed by atoms with Crippen LogP contribution < -0.4 is 10.0 Å². The summed E-state index contributed by atoms with van der Waals surface area (Å²) in [7, 11) is -2.16. The number of benzene rings is 2. The second-order valence-corrected chi connectivity index (χ2v) is 8.43. The third-order valence-corrected chi connectivity index (χ3v) is 6.51. The zero-order valence-corrected chi connectivity index (χ0v) is 15.5. The molecular formula is C19H23N3O3S. The smallest absolute Gasteiger partial charge is 0.264 e. The van der Waals surface area contributed by atoms with Crippen molar-refractivity contribution in [2.24, 2.45) is 5.73 Å². The van der Waals surface area contributed by atoms with Gasteiger partial charge in [-0.2, -0.15) is 0 Å². The molecule has 7 heteroatoms. The second kappa shape index (κ2) is 7.47. The van der Waals surface area contributed by atoms with E-state index in [0.717, 1.165) is 12.8 Å². The van der Waals surface area contributed by atoms with Crippen LogP contribution >= 0.6 is 0 Å². The summed E-state index contributed by atoms with van der Waals surface area (Å²) in [5.74, 6) is -0.0859. The van der Waals surface area contributed by atoms with Crippen LogP contribution in [0, 0.1) is 0 Å². The summed E-state index contributed by atoms with van der Waals surface area (Å²) in [6, 6.07) is 15.1. The van der Waals surface area contributed by atoms with Crippen LogP contribution in [0.4, 0.5) is 5.69 Å². The lowest BCUT2D eigenvalue weighted by Gasteiger charge is -2.30. The Bertz CT molecular complexity index is 859. The fourth-order valence-corrected chi connectivity index (χ4v) is 4.18. The first kappa shape index (κ1) is 18.4. The summed E-state index contributed by atoms with van der Waals surface area (Å²) in [4.78, 5) is 14.5. The van der Waals surface area contributed by atoms with Crippen molar-refractivity contribution in [3.8, 4) is 0 Å². The monoisotopic (exact) mass is 373 g/mol. The number of nitrogens with zero attached hydrogens (tertiary/aromatic N) is 2. The standard InChI is InChI=1S/C19H23N3O3S/c1-21(17-5-3-2-4-6-17)26(24,25)18-9-7-15(8-10-18)19(23)22-13-11-16(20)12-14-22/h2-10,16H,11-14,20H2,1H3. The lowest BCUT2D eigenvalue weighted by molar-refractivity contribution is 0.0714. The Hall–Kier alpha value is -2.38. The molecule has 138 valence electrons. The van der Waals surface area contributed by atoms with Gasteiger partial charge in [0.1, 0.15) is 0 Å². The summed E-state index contributed by atoms with van der Waals surface area (Å²) >= 11 is 0. The summed E-state index contributed by atoms with van der Waals surface area (Å²) in [6.07, 6.45) is 1.58. The van der Waals surface area contributed by atoms with Gasteiger partial charge in [-0.1, -0.05) is 18.2 Å². The lowest BCUT2D eigenvalue weighted by Crippen LogP contribution is -2.42. The molecule has 0 atom stereocenters. The molecule has 1 fully saturated rings. The fourth-order valence-electron chi connectivity index (χ4n) is 2.99. The molecule has 1 amide bonds. The van der Waals surface area contributed by atoms with E-state index < -0.39 is 10.0 Å². The summed E-state index contributed by atoms with van der Waals surface area (Å²) in [5.41, 5.74) is 6.94. The van der Waals surface area contributed by atoms with Gasteiger partial charge in [-0.05, 0) is 49.2 Å². The molecule has 2 aromatic rings. The van der Waals surface area contributed by atoms with Crippen LogP contribution in [-0.2, 0) is 10.0 Å². The van der Waals surface area contributed by atoms with Gasteiger partial charge in [-0.25, -0.2) is 8.42 Å². The minimum Gasteiger partial charge on any atom is -0.339 e. The average Bonchev–Trinajstić information content (AvgIpc) is 2.68. The number of para-hydroxylation sites is 1. The second-order valence-electron chi connectivity index (χ2n) is 6.46. The fraction of sp³-hybridized carbons (Fsp3) is 0.316. The van der Waals surface area contributed by atoms with Gasteiger partial charge in [0.15, 0.2) is 0 Å². The number of hydrogen-bond acceptors (Lipinski definition) is 4.